The van der Waals surface area contributed by atoms with E-state index in [1.807, 2.05) is 0 Å². The quantitative estimate of drug-likeness (QED) is 0.700. The van der Waals surface area contributed by atoms with E-state index in [1.165, 1.54) is 6.08 Å². The third-order valence-corrected chi connectivity index (χ3v) is 3.26. The molecule has 0 aromatic heterocycles. The number of nitrogens with one attached hydrogen (secondary N) is 1. The van der Waals surface area contributed by atoms with Crippen molar-refractivity contribution in [3.05, 3.63) is 12.7 Å². The van der Waals surface area contributed by atoms with Gasteiger partial charge in [-0.2, -0.15) is 0 Å². The predicted octanol–water partition coefficient (Wildman–Crippen LogP) is 1.71. The Morgan fingerprint density at radius 2 is 1.94 bits per heavy atom. The Bertz CT molecular complexity index is 280. The van der Waals surface area contributed by atoms with Gasteiger partial charge >= 0.3 is 5.97 Å². The first-order valence-corrected chi connectivity index (χ1v) is 5.70. The number of aliphatic carboxylic acids is 1. The molecule has 4 heteroatoms. The number of amides is 1. The van der Waals surface area contributed by atoms with E-state index in [-0.39, 0.29) is 17.7 Å². The van der Waals surface area contributed by atoms with Crippen molar-refractivity contribution in [2.24, 2.45) is 5.41 Å². The van der Waals surface area contributed by atoms with Gasteiger partial charge in [0.2, 0.25) is 5.91 Å². The Hall–Kier alpha value is -1.32. The number of carbonyl (C=O) groups is 2. The number of carboxylic acids is 1. The minimum Gasteiger partial charge on any atom is -0.481 e. The molecule has 1 rings (SSSR count). The van der Waals surface area contributed by atoms with Gasteiger partial charge in [-0.1, -0.05) is 25.8 Å². The van der Waals surface area contributed by atoms with Crippen LogP contribution in [0.4, 0.5) is 0 Å². The van der Waals surface area contributed by atoms with Gasteiger partial charge in [0.1, 0.15) is 0 Å². The highest BCUT2D eigenvalue weighted by Gasteiger charge is 2.34. The zero-order valence-electron chi connectivity index (χ0n) is 9.50. The lowest BCUT2D eigenvalue weighted by Crippen LogP contribution is -2.39. The van der Waals surface area contributed by atoms with Crippen molar-refractivity contribution in [2.75, 3.05) is 6.54 Å². The molecule has 1 fully saturated rings. The zero-order valence-corrected chi connectivity index (χ0v) is 9.50. The molecule has 2 N–H and O–H groups in total. The van der Waals surface area contributed by atoms with Gasteiger partial charge in [0.05, 0.1) is 6.42 Å². The van der Waals surface area contributed by atoms with Crippen LogP contribution in [0.25, 0.3) is 0 Å². The van der Waals surface area contributed by atoms with Crippen LogP contribution in [0, 0.1) is 5.41 Å². The molecule has 4 nitrogen and oxygen atoms in total. The van der Waals surface area contributed by atoms with Crippen molar-refractivity contribution < 1.29 is 14.7 Å². The summed E-state index contributed by atoms with van der Waals surface area (Å²) in [6.07, 6.45) is 6.40. The average Bonchev–Trinajstić information content (AvgIpc) is 2.26. The third-order valence-electron chi connectivity index (χ3n) is 3.26. The van der Waals surface area contributed by atoms with Crippen LogP contribution in [0.1, 0.15) is 38.5 Å². The molecule has 1 amide bonds. The lowest BCUT2D eigenvalue weighted by Gasteiger charge is -2.36. The largest absolute Gasteiger partial charge is 0.481 e. The molecule has 0 bridgehead atoms. The van der Waals surface area contributed by atoms with Crippen LogP contribution >= 0.6 is 0 Å². The summed E-state index contributed by atoms with van der Waals surface area (Å²) < 4.78 is 0. The summed E-state index contributed by atoms with van der Waals surface area (Å²) >= 11 is 0. The second kappa shape index (κ2) is 5.68. The Labute approximate surface area is 95.7 Å². The fourth-order valence-electron chi connectivity index (χ4n) is 2.39. The van der Waals surface area contributed by atoms with E-state index in [1.54, 1.807) is 0 Å². The van der Waals surface area contributed by atoms with Crippen LogP contribution in [-0.4, -0.2) is 23.5 Å². The molecule has 90 valence electrons. The van der Waals surface area contributed by atoms with E-state index in [0.29, 0.717) is 6.54 Å². The van der Waals surface area contributed by atoms with Gasteiger partial charge < -0.3 is 10.4 Å². The summed E-state index contributed by atoms with van der Waals surface area (Å²) in [5.74, 6) is -1.01. The number of hydrogen-bond acceptors (Lipinski definition) is 2. The van der Waals surface area contributed by atoms with Gasteiger partial charge in [-0.05, 0) is 24.3 Å². The molecule has 1 saturated carbocycles. The molecule has 1 aliphatic carbocycles. The van der Waals surface area contributed by atoms with Gasteiger partial charge in [-0.3, -0.25) is 9.59 Å². The van der Waals surface area contributed by atoms with Gasteiger partial charge in [-0.15, -0.1) is 0 Å². The van der Waals surface area contributed by atoms with Gasteiger partial charge in [0.15, 0.2) is 0 Å². The average molecular weight is 225 g/mol. The first-order valence-electron chi connectivity index (χ1n) is 5.70. The smallest absolute Gasteiger partial charge is 0.303 e. The first-order chi connectivity index (χ1) is 7.58. The van der Waals surface area contributed by atoms with Crippen molar-refractivity contribution in [1.29, 1.82) is 0 Å². The van der Waals surface area contributed by atoms with Crippen molar-refractivity contribution >= 4 is 11.9 Å². The second-order valence-electron chi connectivity index (χ2n) is 4.55. The highest BCUT2D eigenvalue weighted by atomic mass is 16.4. The first kappa shape index (κ1) is 12.7. The molecule has 0 saturated heterocycles. The maximum absolute atomic E-state index is 11.1. The Morgan fingerprint density at radius 1 is 1.31 bits per heavy atom. The van der Waals surface area contributed by atoms with Crippen LogP contribution in [0.2, 0.25) is 0 Å². The predicted molar refractivity (Wildman–Crippen MR) is 61.0 cm³/mol. The van der Waals surface area contributed by atoms with E-state index in [4.69, 9.17) is 5.11 Å². The normalized spacial score (nSPS) is 18.8. The molecule has 16 heavy (non-hydrogen) atoms. The Morgan fingerprint density at radius 3 is 2.44 bits per heavy atom. The highest BCUT2D eigenvalue weighted by molar-refractivity contribution is 5.86. The molecule has 0 unspecified atom stereocenters. The fraction of sp³-hybridized carbons (Fsp3) is 0.667. The summed E-state index contributed by atoms with van der Waals surface area (Å²) in [4.78, 5) is 22.0. The lowest BCUT2D eigenvalue weighted by molar-refractivity contribution is -0.140. The van der Waals surface area contributed by atoms with E-state index in [2.05, 4.69) is 11.9 Å². The van der Waals surface area contributed by atoms with Crippen molar-refractivity contribution in [1.82, 2.24) is 5.32 Å². The molecule has 0 aliphatic heterocycles. The summed E-state index contributed by atoms with van der Waals surface area (Å²) in [6, 6.07) is 0. The van der Waals surface area contributed by atoms with Crippen LogP contribution in [-0.2, 0) is 9.59 Å². The Balaban J connectivity index is 2.58. The van der Waals surface area contributed by atoms with E-state index < -0.39 is 5.97 Å². The van der Waals surface area contributed by atoms with Crippen molar-refractivity contribution in [3.63, 3.8) is 0 Å². The third kappa shape index (κ3) is 3.68. The summed E-state index contributed by atoms with van der Waals surface area (Å²) in [5, 5.41) is 11.6. The van der Waals surface area contributed by atoms with Crippen molar-refractivity contribution in [2.45, 2.75) is 38.5 Å². The minimum absolute atomic E-state index is 0.143. The minimum atomic E-state index is -0.783. The topological polar surface area (TPSA) is 66.4 Å². The molecular weight excluding hydrogens is 206 g/mol. The molecule has 0 atom stereocenters. The fourth-order valence-corrected chi connectivity index (χ4v) is 2.39. The monoisotopic (exact) mass is 225 g/mol. The molecular formula is C12H19NO3. The van der Waals surface area contributed by atoms with Crippen LogP contribution in [0.5, 0.6) is 0 Å². The lowest BCUT2D eigenvalue weighted by atomic mass is 9.71. The highest BCUT2D eigenvalue weighted by Crippen LogP contribution is 2.38. The summed E-state index contributed by atoms with van der Waals surface area (Å²) in [7, 11) is 0. The van der Waals surface area contributed by atoms with E-state index in [0.717, 1.165) is 32.1 Å². The van der Waals surface area contributed by atoms with Crippen LogP contribution < -0.4 is 5.32 Å². The van der Waals surface area contributed by atoms with Crippen LogP contribution in [0.3, 0.4) is 0 Å². The molecule has 0 spiro atoms. The van der Waals surface area contributed by atoms with Gasteiger partial charge in [0.25, 0.3) is 0 Å². The summed E-state index contributed by atoms with van der Waals surface area (Å²) in [5.41, 5.74) is -0.247. The maximum Gasteiger partial charge on any atom is 0.303 e. The number of carbonyl (C=O) groups excluding carboxylic acids is 1. The molecule has 0 aromatic carbocycles. The number of rotatable bonds is 5. The van der Waals surface area contributed by atoms with E-state index >= 15 is 0 Å². The molecule has 0 radical (unpaired) electrons. The Kier molecular flexibility index (Phi) is 4.52. The molecule has 1 aliphatic rings. The number of carboxylic acid groups (broad SMARTS) is 1. The maximum atomic E-state index is 11.1. The second-order valence-corrected chi connectivity index (χ2v) is 4.55. The van der Waals surface area contributed by atoms with E-state index in [9.17, 15) is 9.59 Å². The zero-order chi connectivity index (χ0) is 12.0. The van der Waals surface area contributed by atoms with Crippen molar-refractivity contribution in [3.8, 4) is 0 Å². The van der Waals surface area contributed by atoms with Gasteiger partial charge in [0, 0.05) is 6.54 Å². The summed E-state index contributed by atoms with van der Waals surface area (Å²) in [6.45, 7) is 3.83. The van der Waals surface area contributed by atoms with Crippen LogP contribution in [0.15, 0.2) is 12.7 Å². The number of hydrogen-bond donors (Lipinski definition) is 2. The standard InChI is InChI=1S/C12H19NO3/c1-2-10(14)13-9-12(8-11(15)16)6-4-3-5-7-12/h2H,1,3-9H2,(H,13,14)(H,15,16). The molecule has 0 heterocycles. The molecule has 0 aromatic rings. The SMILES string of the molecule is C=CC(=O)NCC1(CC(=O)O)CCCCC1. The van der Waals surface area contributed by atoms with Gasteiger partial charge in [-0.25, -0.2) is 0 Å².